The predicted molar refractivity (Wildman–Crippen MR) is 53.3 cm³/mol. The fraction of sp³-hybridized carbons (Fsp3) is 0.625. The van der Waals surface area contributed by atoms with Crippen LogP contribution in [-0.2, 0) is 0 Å². The first-order valence-electron chi connectivity index (χ1n) is 3.89. The number of rotatable bonds is 2. The van der Waals surface area contributed by atoms with Crippen molar-refractivity contribution < 1.29 is 0 Å². The van der Waals surface area contributed by atoms with Crippen molar-refractivity contribution in [1.29, 1.82) is 0 Å². The molecule has 0 aromatic carbocycles. The third kappa shape index (κ3) is 27.5. The highest BCUT2D eigenvalue weighted by molar-refractivity contribution is 5.55. The zero-order valence-corrected chi connectivity index (χ0v) is 8.33. The van der Waals surface area contributed by atoms with Gasteiger partial charge < -0.3 is 10.7 Å². The molecule has 0 spiro atoms. The fourth-order valence-corrected chi connectivity index (χ4v) is 0.152. The van der Waals surface area contributed by atoms with Gasteiger partial charge in [-0.3, -0.25) is 0 Å². The van der Waals surface area contributed by atoms with Crippen LogP contribution in [-0.4, -0.2) is 18.3 Å². The minimum atomic E-state index is 1.47. The molecule has 2 N–H and O–H groups in total. The second-order valence-electron chi connectivity index (χ2n) is 1.11. The maximum Gasteiger partial charge on any atom is 0.114 e. The standard InChI is InChI=1S/C4H9N3.2C2H6/c1-3-7(2)4-6-5;2*1-2/h3-4H,1,5H2,2H3;2*1-2H3/b6-4-;;. The molecule has 0 heterocycles. The SMILES string of the molecule is C=CN(C)/C=N\N.CC.CC. The van der Waals surface area contributed by atoms with E-state index in [0.717, 1.165) is 0 Å². The molecule has 0 fully saturated rings. The van der Waals surface area contributed by atoms with Gasteiger partial charge in [-0.2, -0.15) is 5.10 Å². The highest BCUT2D eigenvalue weighted by atomic mass is 15.2. The van der Waals surface area contributed by atoms with Crippen LogP contribution in [0.15, 0.2) is 17.9 Å². The van der Waals surface area contributed by atoms with Crippen molar-refractivity contribution in [3.63, 3.8) is 0 Å². The minimum absolute atomic E-state index is 1.47. The van der Waals surface area contributed by atoms with Crippen LogP contribution < -0.4 is 5.84 Å². The normalized spacial score (nSPS) is 7.00. The van der Waals surface area contributed by atoms with Gasteiger partial charge in [-0.25, -0.2) is 0 Å². The van der Waals surface area contributed by atoms with Crippen molar-refractivity contribution in [1.82, 2.24) is 4.90 Å². The summed E-state index contributed by atoms with van der Waals surface area (Å²) in [6.45, 7) is 11.5. The van der Waals surface area contributed by atoms with Gasteiger partial charge in [-0.15, -0.1) is 0 Å². The molecule has 11 heavy (non-hydrogen) atoms. The van der Waals surface area contributed by atoms with Crippen LogP contribution in [0.1, 0.15) is 27.7 Å². The molecule has 0 aliphatic heterocycles. The Bertz CT molecular complexity index is 79.4. The molecule has 0 amide bonds. The molecule has 0 aliphatic carbocycles. The van der Waals surface area contributed by atoms with E-state index in [-0.39, 0.29) is 0 Å². The van der Waals surface area contributed by atoms with E-state index in [2.05, 4.69) is 11.7 Å². The van der Waals surface area contributed by atoms with E-state index in [1.54, 1.807) is 18.1 Å². The Morgan fingerprint density at radius 2 is 1.64 bits per heavy atom. The number of nitrogens with two attached hydrogens (primary N) is 1. The monoisotopic (exact) mass is 159 g/mol. The summed E-state index contributed by atoms with van der Waals surface area (Å²) in [5, 5.41) is 3.24. The van der Waals surface area contributed by atoms with Crippen LogP contribution in [0.3, 0.4) is 0 Å². The van der Waals surface area contributed by atoms with E-state index in [1.165, 1.54) is 6.34 Å². The number of hydrogen-bond acceptors (Lipinski definition) is 2. The number of hydrazone groups is 1. The van der Waals surface area contributed by atoms with Crippen molar-refractivity contribution in [3.05, 3.63) is 12.8 Å². The summed E-state index contributed by atoms with van der Waals surface area (Å²) in [5.41, 5.74) is 0. The van der Waals surface area contributed by atoms with E-state index < -0.39 is 0 Å². The molecule has 0 aromatic heterocycles. The summed E-state index contributed by atoms with van der Waals surface area (Å²) in [4.78, 5) is 1.65. The molecule has 3 heteroatoms. The summed E-state index contributed by atoms with van der Waals surface area (Å²) in [7, 11) is 1.80. The topological polar surface area (TPSA) is 41.6 Å². The second-order valence-corrected chi connectivity index (χ2v) is 1.11. The number of nitrogens with zero attached hydrogens (tertiary/aromatic N) is 2. The molecular weight excluding hydrogens is 138 g/mol. The maximum absolute atomic E-state index is 4.78. The van der Waals surface area contributed by atoms with Gasteiger partial charge in [0.05, 0.1) is 0 Å². The first-order chi connectivity index (χ1) is 5.31. The highest BCUT2D eigenvalue weighted by Crippen LogP contribution is 1.69. The van der Waals surface area contributed by atoms with E-state index in [0.29, 0.717) is 0 Å². The lowest BCUT2D eigenvalue weighted by Crippen LogP contribution is -2.07. The van der Waals surface area contributed by atoms with Gasteiger partial charge in [-0.05, 0) is 6.20 Å². The van der Waals surface area contributed by atoms with Crippen LogP contribution in [0.2, 0.25) is 0 Å². The molecule has 0 bridgehead atoms. The molecule has 0 rings (SSSR count). The Morgan fingerprint density at radius 1 is 1.27 bits per heavy atom. The van der Waals surface area contributed by atoms with Gasteiger partial charge in [0, 0.05) is 7.05 Å². The Morgan fingerprint density at radius 3 is 1.73 bits per heavy atom. The van der Waals surface area contributed by atoms with Gasteiger partial charge in [0.25, 0.3) is 0 Å². The second kappa shape index (κ2) is 23.0. The average molecular weight is 159 g/mol. The highest BCUT2D eigenvalue weighted by Gasteiger charge is 1.73. The third-order valence-electron chi connectivity index (χ3n) is 0.537. The summed E-state index contributed by atoms with van der Waals surface area (Å²) >= 11 is 0. The fourth-order valence-electron chi connectivity index (χ4n) is 0.152. The van der Waals surface area contributed by atoms with E-state index in [9.17, 15) is 0 Å². The summed E-state index contributed by atoms with van der Waals surface area (Å²) in [5.74, 6) is 4.78. The zero-order chi connectivity index (χ0) is 9.70. The molecule has 0 aliphatic rings. The summed E-state index contributed by atoms with van der Waals surface area (Å²) < 4.78 is 0. The van der Waals surface area contributed by atoms with Crippen molar-refractivity contribution >= 4 is 6.34 Å². The van der Waals surface area contributed by atoms with Crippen molar-refractivity contribution in [2.45, 2.75) is 27.7 Å². The van der Waals surface area contributed by atoms with Crippen LogP contribution >= 0.6 is 0 Å². The molecule has 0 aromatic rings. The average Bonchev–Trinajstić information content (AvgIpc) is 2.12. The van der Waals surface area contributed by atoms with E-state index in [1.807, 2.05) is 27.7 Å². The van der Waals surface area contributed by atoms with Gasteiger partial charge in [0.1, 0.15) is 6.34 Å². The molecule has 3 nitrogen and oxygen atoms in total. The third-order valence-corrected chi connectivity index (χ3v) is 0.537. The molecule has 0 unspecified atom stereocenters. The molecule has 0 atom stereocenters. The minimum Gasteiger partial charge on any atom is -0.341 e. The van der Waals surface area contributed by atoms with Crippen LogP contribution in [0, 0.1) is 0 Å². The maximum atomic E-state index is 4.78. The van der Waals surface area contributed by atoms with Gasteiger partial charge in [0.2, 0.25) is 0 Å². The van der Waals surface area contributed by atoms with Crippen molar-refractivity contribution in [2.75, 3.05) is 7.05 Å². The lowest BCUT2D eigenvalue weighted by molar-refractivity contribution is 0.709. The smallest absolute Gasteiger partial charge is 0.114 e. The number of hydrogen-bond donors (Lipinski definition) is 1. The first-order valence-corrected chi connectivity index (χ1v) is 3.89. The lowest BCUT2D eigenvalue weighted by Gasteiger charge is -2.00. The largest absolute Gasteiger partial charge is 0.341 e. The van der Waals surface area contributed by atoms with E-state index >= 15 is 0 Å². The van der Waals surface area contributed by atoms with Crippen LogP contribution in [0.25, 0.3) is 0 Å². The van der Waals surface area contributed by atoms with E-state index in [4.69, 9.17) is 5.84 Å². The van der Waals surface area contributed by atoms with Gasteiger partial charge >= 0.3 is 0 Å². The molecule has 68 valence electrons. The van der Waals surface area contributed by atoms with Crippen LogP contribution in [0.5, 0.6) is 0 Å². The zero-order valence-electron chi connectivity index (χ0n) is 8.33. The first kappa shape index (κ1) is 16.5. The molecule has 0 saturated heterocycles. The molecule has 0 saturated carbocycles. The Balaban J connectivity index is -0.000000138. The van der Waals surface area contributed by atoms with Crippen molar-refractivity contribution in [3.8, 4) is 0 Å². The predicted octanol–water partition coefficient (Wildman–Crippen LogP) is 2.02. The summed E-state index contributed by atoms with van der Waals surface area (Å²) in [6, 6.07) is 0. The van der Waals surface area contributed by atoms with Crippen molar-refractivity contribution in [2.24, 2.45) is 10.9 Å². The van der Waals surface area contributed by atoms with Crippen LogP contribution in [0.4, 0.5) is 0 Å². The summed E-state index contributed by atoms with van der Waals surface area (Å²) in [6.07, 6.45) is 3.07. The Labute approximate surface area is 70.6 Å². The molecule has 0 radical (unpaired) electrons. The molecular formula is C8H21N3. The van der Waals surface area contributed by atoms with Gasteiger partial charge in [0.15, 0.2) is 0 Å². The Kier molecular flexibility index (Phi) is 34.6. The lowest BCUT2D eigenvalue weighted by atomic mass is 10.8. The van der Waals surface area contributed by atoms with Gasteiger partial charge in [-0.1, -0.05) is 34.3 Å². The quantitative estimate of drug-likeness (QED) is 0.290. The Hall–Kier alpha value is -0.990.